The first-order valence-corrected chi connectivity index (χ1v) is 6.38. The lowest BCUT2D eigenvalue weighted by Gasteiger charge is -2.29. The van der Waals surface area contributed by atoms with Gasteiger partial charge in [-0.1, -0.05) is 41.5 Å². The van der Waals surface area contributed by atoms with Crippen molar-refractivity contribution in [3.8, 4) is 0 Å². The highest BCUT2D eigenvalue weighted by Gasteiger charge is 2.31. The van der Waals surface area contributed by atoms with Gasteiger partial charge in [-0.2, -0.15) is 0 Å². The summed E-state index contributed by atoms with van der Waals surface area (Å²) < 4.78 is 29.0. The third kappa shape index (κ3) is 2.43. The topological polar surface area (TPSA) is 0 Å². The smallest absolute Gasteiger partial charge is 0.133 e. The highest BCUT2D eigenvalue weighted by Crippen LogP contribution is 2.38. The van der Waals surface area contributed by atoms with Crippen molar-refractivity contribution in [1.29, 1.82) is 0 Å². The Morgan fingerprint density at radius 1 is 0.611 bits per heavy atom. The molecule has 0 amide bonds. The van der Waals surface area contributed by atoms with Crippen LogP contribution in [-0.2, 0) is 10.8 Å². The Kier molecular flexibility index (Phi) is 3.64. The predicted molar refractivity (Wildman–Crippen MR) is 73.2 cm³/mol. The van der Waals surface area contributed by atoms with E-state index >= 15 is 0 Å². The zero-order valence-electron chi connectivity index (χ0n) is 12.8. The first-order chi connectivity index (χ1) is 7.89. The maximum atomic E-state index is 14.5. The summed E-state index contributed by atoms with van der Waals surface area (Å²) >= 11 is 0. The van der Waals surface area contributed by atoms with Crippen molar-refractivity contribution in [1.82, 2.24) is 0 Å². The second-order valence-corrected chi connectivity index (χ2v) is 7.13. The molecule has 0 saturated heterocycles. The van der Waals surface area contributed by atoms with E-state index in [0.717, 1.165) is 5.56 Å². The Balaban J connectivity index is 3.79. The number of benzene rings is 1. The molecule has 18 heavy (non-hydrogen) atoms. The first-order valence-electron chi connectivity index (χ1n) is 6.38. The third-order valence-corrected chi connectivity index (χ3v) is 3.35. The molecule has 1 rings (SSSR count). The average Bonchev–Trinajstić information content (AvgIpc) is 2.10. The number of hydrogen-bond donors (Lipinski definition) is 0. The average molecular weight is 254 g/mol. The van der Waals surface area contributed by atoms with Crippen molar-refractivity contribution < 1.29 is 8.78 Å². The molecule has 0 aliphatic carbocycles. The molecule has 0 atom stereocenters. The molecule has 2 heteroatoms. The van der Waals surface area contributed by atoms with Gasteiger partial charge >= 0.3 is 0 Å². The van der Waals surface area contributed by atoms with Gasteiger partial charge in [0.05, 0.1) is 0 Å². The molecule has 0 nitrogen and oxygen atoms in total. The molecule has 0 fully saturated rings. The molecule has 102 valence electrons. The van der Waals surface area contributed by atoms with Crippen molar-refractivity contribution in [3.63, 3.8) is 0 Å². The molecule has 0 radical (unpaired) electrons. The fourth-order valence-electron chi connectivity index (χ4n) is 2.76. The summed E-state index contributed by atoms with van der Waals surface area (Å²) in [7, 11) is 0. The van der Waals surface area contributed by atoms with Crippen molar-refractivity contribution in [2.24, 2.45) is 0 Å². The van der Waals surface area contributed by atoms with Crippen LogP contribution in [0.2, 0.25) is 0 Å². The van der Waals surface area contributed by atoms with Crippen LogP contribution in [0.1, 0.15) is 63.8 Å². The zero-order valence-corrected chi connectivity index (χ0v) is 12.8. The number of hydrogen-bond acceptors (Lipinski definition) is 0. The van der Waals surface area contributed by atoms with Gasteiger partial charge in [0.1, 0.15) is 11.6 Å². The lowest BCUT2D eigenvalue weighted by molar-refractivity contribution is 0.457. The second kappa shape index (κ2) is 4.32. The Morgan fingerprint density at radius 3 is 1.11 bits per heavy atom. The fourth-order valence-corrected chi connectivity index (χ4v) is 2.76. The molecule has 0 heterocycles. The van der Waals surface area contributed by atoms with Gasteiger partial charge < -0.3 is 0 Å². The molecule has 0 N–H and O–H groups in total. The van der Waals surface area contributed by atoms with Crippen molar-refractivity contribution in [2.45, 2.75) is 66.2 Å². The Hall–Kier alpha value is -0.920. The van der Waals surface area contributed by atoms with Gasteiger partial charge in [0.15, 0.2) is 0 Å². The summed E-state index contributed by atoms with van der Waals surface area (Å²) in [5.74, 6) is -0.786. The van der Waals surface area contributed by atoms with Crippen LogP contribution in [0, 0.1) is 25.5 Å². The van der Waals surface area contributed by atoms with E-state index in [1.54, 1.807) is 13.8 Å². The molecule has 1 aromatic carbocycles. The van der Waals surface area contributed by atoms with Crippen LogP contribution < -0.4 is 0 Å². The van der Waals surface area contributed by atoms with E-state index in [-0.39, 0.29) is 11.0 Å². The summed E-state index contributed by atoms with van der Waals surface area (Å²) in [5.41, 5.74) is 1.35. The van der Waals surface area contributed by atoms with E-state index < -0.39 is 17.0 Å². The van der Waals surface area contributed by atoms with Gasteiger partial charge in [0.25, 0.3) is 0 Å². The summed E-state index contributed by atoms with van der Waals surface area (Å²) in [5, 5.41) is 0. The van der Waals surface area contributed by atoms with Gasteiger partial charge in [-0.25, -0.2) is 8.78 Å². The van der Waals surface area contributed by atoms with Crippen molar-refractivity contribution >= 4 is 0 Å². The highest BCUT2D eigenvalue weighted by atomic mass is 19.1. The van der Waals surface area contributed by atoms with E-state index in [1.165, 1.54) is 0 Å². The SMILES string of the molecule is Cc1c(F)c(C(C)(C)C)c(F)c(C)c1C(C)(C)C. The quantitative estimate of drug-likeness (QED) is 0.598. The second-order valence-electron chi connectivity index (χ2n) is 7.13. The lowest BCUT2D eigenvalue weighted by Crippen LogP contribution is -2.23. The molecule has 0 spiro atoms. The third-order valence-electron chi connectivity index (χ3n) is 3.35. The largest absolute Gasteiger partial charge is 0.206 e. The maximum Gasteiger partial charge on any atom is 0.133 e. The van der Waals surface area contributed by atoms with Crippen LogP contribution in [0.5, 0.6) is 0 Å². The molecule has 0 bridgehead atoms. The van der Waals surface area contributed by atoms with E-state index in [2.05, 4.69) is 0 Å². The van der Waals surface area contributed by atoms with Crippen LogP contribution in [0.15, 0.2) is 0 Å². The van der Waals surface area contributed by atoms with Gasteiger partial charge in [-0.15, -0.1) is 0 Å². The van der Waals surface area contributed by atoms with Crippen molar-refractivity contribution in [2.75, 3.05) is 0 Å². The van der Waals surface area contributed by atoms with E-state index in [0.29, 0.717) is 11.1 Å². The van der Waals surface area contributed by atoms with E-state index in [1.807, 2.05) is 41.5 Å². The van der Waals surface area contributed by atoms with Gasteiger partial charge in [-0.05, 0) is 41.4 Å². The molecule has 0 aliphatic rings. The maximum absolute atomic E-state index is 14.5. The first kappa shape index (κ1) is 15.1. The highest BCUT2D eigenvalue weighted by molar-refractivity contribution is 5.46. The standard InChI is InChI=1S/C16H24F2/c1-9-11(15(3,4)5)10(2)14(18)12(13(9)17)16(6,7)8/h1-8H3. The lowest BCUT2D eigenvalue weighted by atomic mass is 9.76. The Labute approximate surface area is 109 Å². The van der Waals surface area contributed by atoms with Crippen LogP contribution in [0.25, 0.3) is 0 Å². The Bertz CT molecular complexity index is 397. The normalized spacial score (nSPS) is 13.0. The van der Waals surface area contributed by atoms with Crippen molar-refractivity contribution in [3.05, 3.63) is 33.9 Å². The van der Waals surface area contributed by atoms with Crippen LogP contribution in [0.3, 0.4) is 0 Å². The van der Waals surface area contributed by atoms with Crippen LogP contribution in [0.4, 0.5) is 8.78 Å². The minimum Gasteiger partial charge on any atom is -0.206 e. The van der Waals surface area contributed by atoms with E-state index in [4.69, 9.17) is 0 Å². The van der Waals surface area contributed by atoms with Gasteiger partial charge in [0, 0.05) is 5.56 Å². The molecular formula is C16H24F2. The summed E-state index contributed by atoms with van der Waals surface area (Å²) in [4.78, 5) is 0. The number of halogens is 2. The molecule has 0 unspecified atom stereocenters. The summed E-state index contributed by atoms with van der Waals surface area (Å²) in [6.45, 7) is 15.0. The number of rotatable bonds is 0. The minimum atomic E-state index is -0.528. The van der Waals surface area contributed by atoms with Crippen LogP contribution >= 0.6 is 0 Å². The molecule has 0 aliphatic heterocycles. The van der Waals surface area contributed by atoms with E-state index in [9.17, 15) is 8.78 Å². The predicted octanol–water partition coefficient (Wildman–Crippen LogP) is 5.18. The Morgan fingerprint density at radius 2 is 0.889 bits per heavy atom. The molecular weight excluding hydrogens is 230 g/mol. The fraction of sp³-hybridized carbons (Fsp3) is 0.625. The summed E-state index contributed by atoms with van der Waals surface area (Å²) in [6.07, 6.45) is 0. The van der Waals surface area contributed by atoms with Gasteiger partial charge in [-0.3, -0.25) is 0 Å². The summed E-state index contributed by atoms with van der Waals surface area (Å²) in [6, 6.07) is 0. The molecule has 0 aromatic heterocycles. The minimum absolute atomic E-state index is 0.200. The van der Waals surface area contributed by atoms with Gasteiger partial charge in [0.2, 0.25) is 0 Å². The molecule has 1 aromatic rings. The zero-order chi connectivity index (χ0) is 14.5. The molecule has 0 saturated carbocycles. The van der Waals surface area contributed by atoms with Crippen LogP contribution in [-0.4, -0.2) is 0 Å². The monoisotopic (exact) mass is 254 g/mol.